The van der Waals surface area contributed by atoms with E-state index in [2.05, 4.69) is 9.97 Å². The first-order chi connectivity index (χ1) is 24.1. The maximum Gasteiger partial charge on any atom is 0.400 e. The lowest BCUT2D eigenvalue weighted by molar-refractivity contribution is -0.151. The standard InChI is InChI=1S/2C18H16ClNO5/c2*1-3-22-17(21)11(2)23-13-5-7-14(8-6-13)24-18-20-15-9-4-12(19)10-16(15)25-18/h2*4-11H,3H2,1-2H3. The van der Waals surface area contributed by atoms with Crippen molar-refractivity contribution in [1.29, 1.82) is 0 Å². The number of esters is 2. The zero-order chi connectivity index (χ0) is 35.6. The number of aromatic nitrogens is 2. The van der Waals surface area contributed by atoms with Crippen molar-refractivity contribution in [2.45, 2.75) is 39.9 Å². The smallest absolute Gasteiger partial charge is 0.400 e. The highest BCUT2D eigenvalue weighted by Gasteiger charge is 2.17. The summed E-state index contributed by atoms with van der Waals surface area (Å²) in [4.78, 5) is 31.6. The van der Waals surface area contributed by atoms with Gasteiger partial charge in [-0.2, -0.15) is 9.97 Å². The summed E-state index contributed by atoms with van der Waals surface area (Å²) in [6.07, 6.45) is -1.14. The molecule has 14 heteroatoms. The number of nitrogens with zero attached hydrogens (tertiary/aromatic N) is 2. The second kappa shape index (κ2) is 16.8. The maximum atomic E-state index is 11.6. The quantitative estimate of drug-likeness (QED) is 0.111. The number of carbonyl (C=O) groups excluding carboxylic acids is 2. The van der Waals surface area contributed by atoms with Crippen LogP contribution < -0.4 is 18.9 Å². The summed E-state index contributed by atoms with van der Waals surface area (Å²) in [7, 11) is 0. The number of fused-ring (bicyclic) bond motifs is 2. The Kier molecular flexibility index (Phi) is 12.0. The lowest BCUT2D eigenvalue weighted by Crippen LogP contribution is -2.25. The van der Waals surface area contributed by atoms with Gasteiger partial charge in [-0.3, -0.25) is 0 Å². The van der Waals surface area contributed by atoms with Crippen molar-refractivity contribution >= 4 is 57.3 Å². The molecule has 0 aliphatic rings. The Morgan fingerprint density at radius 3 is 1.32 bits per heavy atom. The third-order valence-corrected chi connectivity index (χ3v) is 7.05. The zero-order valence-corrected chi connectivity index (χ0v) is 28.9. The lowest BCUT2D eigenvalue weighted by atomic mass is 10.3. The number of benzene rings is 4. The van der Waals surface area contributed by atoms with Crippen molar-refractivity contribution in [3.8, 4) is 35.2 Å². The fraction of sp³-hybridized carbons (Fsp3) is 0.222. The summed E-state index contributed by atoms with van der Waals surface area (Å²) >= 11 is 11.8. The first-order valence-corrected chi connectivity index (χ1v) is 16.2. The molecule has 4 aromatic carbocycles. The number of hydrogen-bond acceptors (Lipinski definition) is 12. The molecule has 2 heterocycles. The van der Waals surface area contributed by atoms with Crippen molar-refractivity contribution in [3.63, 3.8) is 0 Å². The third-order valence-electron chi connectivity index (χ3n) is 6.58. The molecule has 0 amide bonds. The van der Waals surface area contributed by atoms with Gasteiger partial charge in [-0.25, -0.2) is 9.59 Å². The molecule has 2 aromatic heterocycles. The van der Waals surface area contributed by atoms with Crippen molar-refractivity contribution in [3.05, 3.63) is 95.0 Å². The summed E-state index contributed by atoms with van der Waals surface area (Å²) in [6, 6.07) is 23.8. The molecule has 0 radical (unpaired) electrons. The summed E-state index contributed by atoms with van der Waals surface area (Å²) in [5.74, 6) is 1.28. The summed E-state index contributed by atoms with van der Waals surface area (Å²) in [6.45, 7) is 7.38. The van der Waals surface area contributed by atoms with Gasteiger partial charge in [0.05, 0.1) is 13.2 Å². The number of carbonyl (C=O) groups is 2. The van der Waals surface area contributed by atoms with Crippen molar-refractivity contribution in [2.75, 3.05) is 13.2 Å². The van der Waals surface area contributed by atoms with Gasteiger partial charge in [0.2, 0.25) is 0 Å². The molecule has 50 heavy (non-hydrogen) atoms. The van der Waals surface area contributed by atoms with Gasteiger partial charge in [-0.15, -0.1) is 0 Å². The molecule has 0 bridgehead atoms. The molecule has 0 saturated heterocycles. The highest BCUT2D eigenvalue weighted by atomic mass is 35.5. The average Bonchev–Trinajstić information content (AvgIpc) is 3.69. The van der Waals surface area contributed by atoms with E-state index in [1.54, 1.807) is 113 Å². The van der Waals surface area contributed by atoms with Crippen LogP contribution in [0.15, 0.2) is 93.8 Å². The number of ether oxygens (including phenoxy) is 6. The van der Waals surface area contributed by atoms with Crippen LogP contribution in [0.2, 0.25) is 10.0 Å². The Morgan fingerprint density at radius 1 is 0.600 bits per heavy atom. The van der Waals surface area contributed by atoms with Crippen LogP contribution in [-0.4, -0.2) is 47.3 Å². The monoisotopic (exact) mass is 722 g/mol. The molecule has 0 spiro atoms. The molecule has 0 aliphatic carbocycles. The topological polar surface area (TPSA) is 142 Å². The van der Waals surface area contributed by atoms with Crippen LogP contribution in [0.5, 0.6) is 35.2 Å². The van der Waals surface area contributed by atoms with Crippen LogP contribution in [0.1, 0.15) is 27.7 Å². The molecule has 2 unspecified atom stereocenters. The minimum Gasteiger partial charge on any atom is -0.479 e. The van der Waals surface area contributed by atoms with Crippen molar-refractivity contribution < 1.29 is 46.8 Å². The van der Waals surface area contributed by atoms with E-state index < -0.39 is 24.1 Å². The predicted octanol–water partition coefficient (Wildman–Crippen LogP) is 9.21. The van der Waals surface area contributed by atoms with Crippen LogP contribution in [0, 0.1) is 0 Å². The van der Waals surface area contributed by atoms with Gasteiger partial charge in [-0.1, -0.05) is 23.2 Å². The molecule has 6 aromatic rings. The van der Waals surface area contributed by atoms with Gasteiger partial charge in [-0.05, 0) is 100 Å². The summed E-state index contributed by atoms with van der Waals surface area (Å²) < 4.78 is 43.0. The van der Waals surface area contributed by atoms with Crippen LogP contribution in [-0.2, 0) is 19.1 Å². The molecule has 12 nitrogen and oxygen atoms in total. The molecular formula is C36H32Cl2N2O10. The SMILES string of the molecule is CCOC(=O)C(C)Oc1ccc(Oc2nc3ccc(Cl)cc3o2)cc1.CCOC(=O)C(C)Oc1ccc(Oc2nc3ccc(Cl)cc3o2)cc1. The molecule has 2 atom stereocenters. The Labute approximate surface area is 296 Å². The highest BCUT2D eigenvalue weighted by Crippen LogP contribution is 2.30. The Hall–Kier alpha value is -5.46. The van der Waals surface area contributed by atoms with E-state index in [9.17, 15) is 9.59 Å². The number of hydrogen-bond donors (Lipinski definition) is 0. The van der Waals surface area contributed by atoms with Crippen molar-refractivity contribution in [2.24, 2.45) is 0 Å². The van der Waals surface area contributed by atoms with Crippen LogP contribution in [0.3, 0.4) is 0 Å². The van der Waals surface area contributed by atoms with E-state index in [0.29, 0.717) is 68.5 Å². The van der Waals surface area contributed by atoms with E-state index in [-0.39, 0.29) is 12.2 Å². The summed E-state index contributed by atoms with van der Waals surface area (Å²) in [5, 5.41) is 1.12. The van der Waals surface area contributed by atoms with Crippen LogP contribution in [0.4, 0.5) is 0 Å². The van der Waals surface area contributed by atoms with Gasteiger partial charge in [0.25, 0.3) is 0 Å². The Morgan fingerprint density at radius 2 is 0.960 bits per heavy atom. The average molecular weight is 724 g/mol. The van der Waals surface area contributed by atoms with E-state index in [4.69, 9.17) is 60.5 Å². The van der Waals surface area contributed by atoms with E-state index in [0.717, 1.165) is 0 Å². The van der Waals surface area contributed by atoms with E-state index in [1.807, 2.05) is 0 Å². The second-order valence-electron chi connectivity index (χ2n) is 10.4. The molecule has 0 fully saturated rings. The predicted molar refractivity (Wildman–Crippen MR) is 185 cm³/mol. The highest BCUT2D eigenvalue weighted by molar-refractivity contribution is 6.31. The molecule has 260 valence electrons. The van der Waals surface area contributed by atoms with Gasteiger partial charge < -0.3 is 37.3 Å². The van der Waals surface area contributed by atoms with Gasteiger partial charge in [0.15, 0.2) is 23.4 Å². The summed E-state index contributed by atoms with van der Waals surface area (Å²) in [5.41, 5.74) is 2.40. The van der Waals surface area contributed by atoms with Crippen molar-refractivity contribution in [1.82, 2.24) is 9.97 Å². The molecular weight excluding hydrogens is 691 g/mol. The van der Waals surface area contributed by atoms with Gasteiger partial charge in [0.1, 0.15) is 34.0 Å². The van der Waals surface area contributed by atoms with Crippen LogP contribution in [0.25, 0.3) is 22.2 Å². The fourth-order valence-corrected chi connectivity index (χ4v) is 4.56. The molecule has 6 rings (SSSR count). The fourth-order valence-electron chi connectivity index (χ4n) is 4.24. The largest absolute Gasteiger partial charge is 0.479 e. The Bertz CT molecular complexity index is 1900. The number of oxazole rings is 2. The molecule has 0 N–H and O–H groups in total. The first-order valence-electron chi connectivity index (χ1n) is 15.4. The first kappa shape index (κ1) is 35.8. The normalized spacial score (nSPS) is 12.0. The van der Waals surface area contributed by atoms with Gasteiger partial charge >= 0.3 is 24.1 Å². The lowest BCUT2D eigenvalue weighted by Gasteiger charge is -2.13. The Balaban J connectivity index is 0.000000194. The van der Waals surface area contributed by atoms with E-state index >= 15 is 0 Å². The minimum absolute atomic E-state index is 0.117. The molecule has 0 saturated carbocycles. The van der Waals surface area contributed by atoms with E-state index in [1.165, 1.54) is 0 Å². The molecule has 0 aliphatic heterocycles. The second-order valence-corrected chi connectivity index (χ2v) is 11.2. The third kappa shape index (κ3) is 9.80. The zero-order valence-electron chi connectivity index (χ0n) is 27.4. The number of rotatable bonds is 12. The number of halogens is 2. The minimum atomic E-state index is -0.687. The van der Waals surface area contributed by atoms with Gasteiger partial charge in [0, 0.05) is 22.2 Å². The maximum absolute atomic E-state index is 11.6. The van der Waals surface area contributed by atoms with Crippen LogP contribution >= 0.6 is 23.2 Å².